The predicted molar refractivity (Wildman–Crippen MR) is 120 cm³/mol. The van der Waals surface area contributed by atoms with Crippen LogP contribution in [0.2, 0.25) is 0 Å². The maximum atomic E-state index is 13.2. The minimum Gasteiger partial charge on any atom is -0.467 e. The number of nitrogens with zero attached hydrogens (tertiary/aromatic N) is 5. The molecule has 0 unspecified atom stereocenters. The second kappa shape index (κ2) is 8.10. The standard InChI is InChI=1S/C22H19N5O3S2/c28-20(13-32-22-24-23-21(19-6-3-11-31-19)26(22)14-7-8-14)27-16(18-5-2-10-30-18)12-15(25-27)17-4-1-9-29-17/h1-6,9-11,14,16H,7-8,12-13H2/t16-/m1/s1. The van der Waals surface area contributed by atoms with Crippen molar-refractivity contribution in [1.29, 1.82) is 0 Å². The molecule has 1 atom stereocenters. The Bertz CT molecular complexity index is 1240. The Morgan fingerprint density at radius 2 is 2.00 bits per heavy atom. The van der Waals surface area contributed by atoms with Gasteiger partial charge >= 0.3 is 0 Å². The predicted octanol–water partition coefficient (Wildman–Crippen LogP) is 5.00. The molecular weight excluding hydrogens is 446 g/mol. The first kappa shape index (κ1) is 19.6. The molecular formula is C22H19N5O3S2. The van der Waals surface area contributed by atoms with Gasteiger partial charge in [0.05, 0.1) is 23.2 Å². The minimum absolute atomic E-state index is 0.110. The summed E-state index contributed by atoms with van der Waals surface area (Å²) in [5.41, 5.74) is 0.732. The second-order valence-corrected chi connectivity index (χ2v) is 9.56. The molecule has 0 bridgehead atoms. The van der Waals surface area contributed by atoms with E-state index in [1.54, 1.807) is 23.9 Å². The van der Waals surface area contributed by atoms with Gasteiger partial charge in [-0.2, -0.15) is 5.10 Å². The molecule has 0 saturated heterocycles. The maximum absolute atomic E-state index is 13.2. The number of carbonyl (C=O) groups is 1. The number of aromatic nitrogens is 3. The van der Waals surface area contributed by atoms with Gasteiger partial charge in [-0.25, -0.2) is 5.01 Å². The summed E-state index contributed by atoms with van der Waals surface area (Å²) in [4.78, 5) is 14.3. The maximum Gasteiger partial charge on any atom is 0.253 e. The van der Waals surface area contributed by atoms with Crippen LogP contribution in [0.1, 0.15) is 42.9 Å². The molecule has 162 valence electrons. The van der Waals surface area contributed by atoms with Gasteiger partial charge in [0.1, 0.15) is 23.3 Å². The van der Waals surface area contributed by atoms with Gasteiger partial charge in [-0.3, -0.25) is 9.36 Å². The Balaban J connectivity index is 1.23. The number of carbonyl (C=O) groups excluding carboxylic acids is 1. The van der Waals surface area contributed by atoms with Gasteiger partial charge in [0.2, 0.25) is 0 Å². The van der Waals surface area contributed by atoms with Crippen LogP contribution in [0.3, 0.4) is 0 Å². The molecule has 0 aromatic carbocycles. The molecule has 2 aliphatic rings. The smallest absolute Gasteiger partial charge is 0.253 e. The van der Waals surface area contributed by atoms with Crippen LogP contribution < -0.4 is 0 Å². The fourth-order valence-corrected chi connectivity index (χ4v) is 5.40. The Hall–Kier alpha value is -3.11. The normalized spacial score (nSPS) is 18.3. The number of hydrazone groups is 1. The molecule has 4 aromatic rings. The van der Waals surface area contributed by atoms with E-state index in [0.717, 1.165) is 34.4 Å². The highest BCUT2D eigenvalue weighted by atomic mass is 32.2. The Morgan fingerprint density at radius 1 is 1.12 bits per heavy atom. The molecule has 1 aliphatic carbocycles. The highest BCUT2D eigenvalue weighted by Crippen LogP contribution is 2.42. The number of thiophene rings is 1. The monoisotopic (exact) mass is 465 g/mol. The van der Waals surface area contributed by atoms with Crippen molar-refractivity contribution in [2.75, 3.05) is 5.75 Å². The van der Waals surface area contributed by atoms with E-state index in [4.69, 9.17) is 8.83 Å². The minimum atomic E-state index is -0.291. The van der Waals surface area contributed by atoms with Gasteiger partial charge in [0, 0.05) is 12.5 Å². The average molecular weight is 466 g/mol. The van der Waals surface area contributed by atoms with Crippen LogP contribution >= 0.6 is 23.1 Å². The molecule has 1 fully saturated rings. The Morgan fingerprint density at radius 3 is 2.72 bits per heavy atom. The number of hydrogen-bond acceptors (Lipinski definition) is 8. The van der Waals surface area contributed by atoms with Gasteiger partial charge in [0.15, 0.2) is 11.0 Å². The first-order chi connectivity index (χ1) is 15.8. The van der Waals surface area contributed by atoms with Crippen LogP contribution in [0, 0.1) is 0 Å². The van der Waals surface area contributed by atoms with Crippen molar-refractivity contribution in [3.05, 3.63) is 65.8 Å². The summed E-state index contributed by atoms with van der Waals surface area (Å²) in [5, 5.41) is 17.7. The molecule has 1 amide bonds. The fraction of sp³-hybridized carbons (Fsp3) is 0.273. The van der Waals surface area contributed by atoms with E-state index >= 15 is 0 Å². The number of thioether (sulfide) groups is 1. The summed E-state index contributed by atoms with van der Waals surface area (Å²) >= 11 is 3.05. The third-order valence-corrected chi connectivity index (χ3v) is 7.28. The average Bonchev–Trinajstić information content (AvgIpc) is 3.45. The van der Waals surface area contributed by atoms with Crippen LogP contribution in [0.5, 0.6) is 0 Å². The lowest BCUT2D eigenvalue weighted by Gasteiger charge is -2.19. The molecule has 1 saturated carbocycles. The summed E-state index contributed by atoms with van der Waals surface area (Å²) < 4.78 is 13.3. The van der Waals surface area contributed by atoms with Crippen molar-refractivity contribution in [1.82, 2.24) is 19.8 Å². The van der Waals surface area contributed by atoms with Gasteiger partial charge in [0.25, 0.3) is 5.91 Å². The van der Waals surface area contributed by atoms with Crippen LogP contribution in [0.25, 0.3) is 10.7 Å². The molecule has 10 heteroatoms. The van der Waals surface area contributed by atoms with Crippen LogP contribution in [0.15, 0.2) is 73.4 Å². The number of furan rings is 2. The highest BCUT2D eigenvalue weighted by molar-refractivity contribution is 7.99. The molecule has 1 aliphatic heterocycles. The van der Waals surface area contributed by atoms with Crippen LogP contribution in [-0.4, -0.2) is 37.1 Å². The van der Waals surface area contributed by atoms with E-state index in [-0.39, 0.29) is 17.7 Å². The van der Waals surface area contributed by atoms with Gasteiger partial charge in [-0.15, -0.1) is 21.5 Å². The molecule has 8 nitrogen and oxygen atoms in total. The topological polar surface area (TPSA) is 89.7 Å². The quantitative estimate of drug-likeness (QED) is 0.357. The lowest BCUT2D eigenvalue weighted by molar-refractivity contribution is -0.130. The van der Waals surface area contributed by atoms with Crippen molar-refractivity contribution < 1.29 is 13.6 Å². The first-order valence-electron chi connectivity index (χ1n) is 10.4. The lowest BCUT2D eigenvalue weighted by Crippen LogP contribution is -2.28. The Labute approximate surface area is 191 Å². The van der Waals surface area contributed by atoms with E-state index in [1.807, 2.05) is 35.7 Å². The molecule has 4 aromatic heterocycles. The van der Waals surface area contributed by atoms with Crippen molar-refractivity contribution in [3.8, 4) is 10.7 Å². The summed E-state index contributed by atoms with van der Waals surface area (Å²) in [6.45, 7) is 0. The number of hydrogen-bond donors (Lipinski definition) is 0. The molecule has 5 heterocycles. The summed E-state index contributed by atoms with van der Waals surface area (Å²) in [5.74, 6) is 2.35. The van der Waals surface area contributed by atoms with Gasteiger partial charge in [-0.1, -0.05) is 17.8 Å². The molecule has 32 heavy (non-hydrogen) atoms. The fourth-order valence-electron chi connectivity index (χ4n) is 3.84. The largest absolute Gasteiger partial charge is 0.467 e. The van der Waals surface area contributed by atoms with Crippen molar-refractivity contribution in [2.24, 2.45) is 5.10 Å². The third-order valence-electron chi connectivity index (χ3n) is 5.49. The van der Waals surface area contributed by atoms with Crippen molar-refractivity contribution in [3.63, 3.8) is 0 Å². The Kier molecular flexibility index (Phi) is 4.95. The second-order valence-electron chi connectivity index (χ2n) is 7.67. The van der Waals surface area contributed by atoms with Gasteiger partial charge in [-0.05, 0) is 48.6 Å². The summed E-state index contributed by atoms with van der Waals surface area (Å²) in [6, 6.07) is 11.5. The number of rotatable bonds is 7. The van der Waals surface area contributed by atoms with Crippen LogP contribution in [-0.2, 0) is 4.79 Å². The SMILES string of the molecule is O=C(CSc1nnc(-c2cccs2)n1C1CC1)N1N=C(c2ccco2)C[C@@H]1c1ccco1. The van der Waals surface area contributed by atoms with E-state index < -0.39 is 0 Å². The summed E-state index contributed by atoms with van der Waals surface area (Å²) in [7, 11) is 0. The lowest BCUT2D eigenvalue weighted by atomic mass is 10.1. The van der Waals surface area contributed by atoms with E-state index in [9.17, 15) is 4.79 Å². The highest BCUT2D eigenvalue weighted by Gasteiger charge is 2.36. The molecule has 0 N–H and O–H groups in total. The number of amides is 1. The van der Waals surface area contributed by atoms with Crippen molar-refractivity contribution in [2.45, 2.75) is 36.5 Å². The van der Waals surface area contributed by atoms with Crippen molar-refractivity contribution >= 4 is 34.7 Å². The van der Waals surface area contributed by atoms with E-state index in [1.165, 1.54) is 16.8 Å². The molecule has 0 radical (unpaired) electrons. The van der Waals surface area contributed by atoms with E-state index in [0.29, 0.717) is 24.0 Å². The zero-order valence-corrected chi connectivity index (χ0v) is 18.6. The zero-order valence-electron chi connectivity index (χ0n) is 17.0. The zero-order chi connectivity index (χ0) is 21.5. The first-order valence-corrected chi connectivity index (χ1v) is 12.2. The molecule has 6 rings (SSSR count). The third kappa shape index (κ3) is 3.59. The summed E-state index contributed by atoms with van der Waals surface area (Å²) in [6.07, 6.45) is 5.98. The van der Waals surface area contributed by atoms with E-state index in [2.05, 4.69) is 25.9 Å². The van der Waals surface area contributed by atoms with Gasteiger partial charge < -0.3 is 8.83 Å². The molecule has 0 spiro atoms. The van der Waals surface area contributed by atoms with Crippen LogP contribution in [0.4, 0.5) is 0 Å².